The van der Waals surface area contributed by atoms with Gasteiger partial charge in [0.25, 0.3) is 0 Å². The summed E-state index contributed by atoms with van der Waals surface area (Å²) >= 11 is 0. The molecule has 0 saturated heterocycles. The van der Waals surface area contributed by atoms with Crippen molar-refractivity contribution in [3.63, 3.8) is 0 Å². The normalized spacial score (nSPS) is 12.5. The Labute approximate surface area is 109 Å². The third-order valence-corrected chi connectivity index (χ3v) is 2.05. The lowest BCUT2D eigenvalue weighted by molar-refractivity contribution is -0.148. The van der Waals surface area contributed by atoms with E-state index in [0.717, 1.165) is 0 Å². The van der Waals surface area contributed by atoms with Gasteiger partial charge in [-0.1, -0.05) is 6.08 Å². The van der Waals surface area contributed by atoms with Crippen LogP contribution in [0.5, 0.6) is 0 Å². The molecule has 104 valence electrons. The van der Waals surface area contributed by atoms with E-state index in [9.17, 15) is 9.59 Å². The minimum Gasteiger partial charge on any atom is -0.464 e. The van der Waals surface area contributed by atoms with Crippen molar-refractivity contribution in [1.82, 2.24) is 4.90 Å². The van der Waals surface area contributed by atoms with Crippen molar-refractivity contribution in [3.05, 3.63) is 12.7 Å². The van der Waals surface area contributed by atoms with Gasteiger partial charge in [0.15, 0.2) is 0 Å². The first-order chi connectivity index (χ1) is 8.22. The van der Waals surface area contributed by atoms with Crippen LogP contribution in [-0.2, 0) is 14.3 Å². The molecule has 18 heavy (non-hydrogen) atoms. The Morgan fingerprint density at radius 1 is 1.39 bits per heavy atom. The van der Waals surface area contributed by atoms with Gasteiger partial charge in [0.2, 0.25) is 0 Å². The van der Waals surface area contributed by atoms with Crippen LogP contribution in [0.25, 0.3) is 0 Å². The van der Waals surface area contributed by atoms with Gasteiger partial charge in [0, 0.05) is 6.54 Å². The van der Waals surface area contributed by atoms with Crippen molar-refractivity contribution < 1.29 is 19.1 Å². The van der Waals surface area contributed by atoms with Crippen molar-refractivity contribution in [1.29, 1.82) is 0 Å². The van der Waals surface area contributed by atoms with Crippen molar-refractivity contribution in [2.75, 3.05) is 13.2 Å². The Bertz CT molecular complexity index is 307. The topological polar surface area (TPSA) is 55.8 Å². The molecule has 0 aliphatic carbocycles. The molecule has 0 bridgehead atoms. The zero-order valence-corrected chi connectivity index (χ0v) is 11.9. The molecule has 0 aromatic rings. The van der Waals surface area contributed by atoms with E-state index in [0.29, 0.717) is 0 Å². The van der Waals surface area contributed by atoms with Crippen molar-refractivity contribution in [2.24, 2.45) is 0 Å². The molecule has 0 aromatic carbocycles. The summed E-state index contributed by atoms with van der Waals surface area (Å²) in [5.41, 5.74) is -0.606. The summed E-state index contributed by atoms with van der Waals surface area (Å²) in [4.78, 5) is 24.9. The molecule has 1 unspecified atom stereocenters. The molecule has 0 aliphatic heterocycles. The highest BCUT2D eigenvalue weighted by atomic mass is 16.6. The van der Waals surface area contributed by atoms with Gasteiger partial charge in [-0.05, 0) is 34.6 Å². The number of hydrogen-bond acceptors (Lipinski definition) is 4. The van der Waals surface area contributed by atoms with Crippen molar-refractivity contribution in [2.45, 2.75) is 46.3 Å². The molecule has 0 rings (SSSR count). The lowest BCUT2D eigenvalue weighted by Crippen LogP contribution is -2.46. The van der Waals surface area contributed by atoms with Crippen LogP contribution in [0.2, 0.25) is 0 Å². The highest BCUT2D eigenvalue weighted by Gasteiger charge is 2.29. The molecule has 0 aliphatic rings. The molecule has 0 saturated carbocycles. The minimum absolute atomic E-state index is 0.231. The molecule has 0 aromatic heterocycles. The fourth-order valence-electron chi connectivity index (χ4n) is 1.24. The van der Waals surface area contributed by atoms with Crippen LogP contribution in [0.15, 0.2) is 12.7 Å². The van der Waals surface area contributed by atoms with E-state index >= 15 is 0 Å². The first-order valence-corrected chi connectivity index (χ1v) is 6.00. The van der Waals surface area contributed by atoms with Crippen LogP contribution in [0.3, 0.4) is 0 Å². The van der Waals surface area contributed by atoms with E-state index in [1.807, 2.05) is 0 Å². The number of carbonyl (C=O) groups excluding carboxylic acids is 2. The number of amides is 1. The molecule has 0 radical (unpaired) electrons. The van der Waals surface area contributed by atoms with E-state index in [2.05, 4.69) is 6.58 Å². The van der Waals surface area contributed by atoms with Crippen LogP contribution in [0, 0.1) is 0 Å². The maximum Gasteiger partial charge on any atom is 0.411 e. The van der Waals surface area contributed by atoms with E-state index < -0.39 is 23.7 Å². The van der Waals surface area contributed by atoms with Crippen LogP contribution in [-0.4, -0.2) is 41.8 Å². The summed E-state index contributed by atoms with van der Waals surface area (Å²) in [5.74, 6) is -0.454. The van der Waals surface area contributed by atoms with Gasteiger partial charge in [-0.2, -0.15) is 0 Å². The molecule has 0 N–H and O–H groups in total. The Morgan fingerprint density at radius 3 is 2.33 bits per heavy atom. The number of esters is 1. The van der Waals surface area contributed by atoms with E-state index in [4.69, 9.17) is 9.47 Å². The summed E-state index contributed by atoms with van der Waals surface area (Å²) in [6.45, 7) is 12.7. The van der Waals surface area contributed by atoms with Gasteiger partial charge in [0.1, 0.15) is 11.6 Å². The Kier molecular flexibility index (Phi) is 6.44. The number of carbonyl (C=O) groups is 2. The molecule has 1 amide bonds. The Balaban J connectivity index is 4.78. The molecule has 0 spiro atoms. The van der Waals surface area contributed by atoms with Crippen LogP contribution < -0.4 is 0 Å². The van der Waals surface area contributed by atoms with E-state index in [1.54, 1.807) is 40.7 Å². The second-order valence-electron chi connectivity index (χ2n) is 4.85. The summed E-state index contributed by atoms with van der Waals surface area (Å²) < 4.78 is 10.1. The van der Waals surface area contributed by atoms with Gasteiger partial charge in [-0.3, -0.25) is 4.90 Å². The smallest absolute Gasteiger partial charge is 0.411 e. The lowest BCUT2D eigenvalue weighted by Gasteiger charge is -2.29. The van der Waals surface area contributed by atoms with Crippen molar-refractivity contribution in [3.8, 4) is 0 Å². The van der Waals surface area contributed by atoms with E-state index in [1.165, 1.54) is 4.90 Å². The molecule has 0 fully saturated rings. The lowest BCUT2D eigenvalue weighted by atomic mass is 10.2. The Hall–Kier alpha value is -1.52. The predicted molar refractivity (Wildman–Crippen MR) is 69.2 cm³/mol. The highest BCUT2D eigenvalue weighted by molar-refractivity contribution is 5.81. The fraction of sp³-hybridized carbons (Fsp3) is 0.692. The number of hydrogen-bond donors (Lipinski definition) is 0. The predicted octanol–water partition coefficient (Wildman–Crippen LogP) is 2.36. The SMILES string of the molecule is C=CCN(C(=O)OC(C)(C)C)C(C)C(=O)OCC. The summed E-state index contributed by atoms with van der Waals surface area (Å²) in [6.07, 6.45) is 0.988. The maximum absolute atomic E-state index is 11.9. The monoisotopic (exact) mass is 257 g/mol. The molecule has 1 atom stereocenters. The number of rotatable bonds is 5. The molecular weight excluding hydrogens is 234 g/mol. The van der Waals surface area contributed by atoms with Gasteiger partial charge in [-0.15, -0.1) is 6.58 Å². The van der Waals surface area contributed by atoms with Gasteiger partial charge in [-0.25, -0.2) is 9.59 Å². The largest absolute Gasteiger partial charge is 0.464 e. The first kappa shape index (κ1) is 16.5. The van der Waals surface area contributed by atoms with Gasteiger partial charge < -0.3 is 9.47 Å². The van der Waals surface area contributed by atoms with E-state index in [-0.39, 0.29) is 13.2 Å². The number of ether oxygens (including phenoxy) is 2. The third-order valence-electron chi connectivity index (χ3n) is 2.05. The average Bonchev–Trinajstić information content (AvgIpc) is 2.22. The summed E-state index contributed by atoms with van der Waals surface area (Å²) in [6, 6.07) is -0.696. The third kappa shape index (κ3) is 5.70. The standard InChI is InChI=1S/C13H23NO4/c1-7-9-14(10(3)11(15)17-8-2)12(16)18-13(4,5)6/h7,10H,1,8-9H2,2-6H3. The highest BCUT2D eigenvalue weighted by Crippen LogP contribution is 2.12. The Morgan fingerprint density at radius 2 is 1.94 bits per heavy atom. The van der Waals surface area contributed by atoms with Gasteiger partial charge >= 0.3 is 12.1 Å². The van der Waals surface area contributed by atoms with Gasteiger partial charge in [0.05, 0.1) is 6.61 Å². The fourth-order valence-corrected chi connectivity index (χ4v) is 1.24. The number of nitrogens with zero attached hydrogens (tertiary/aromatic N) is 1. The van der Waals surface area contributed by atoms with Crippen LogP contribution in [0.1, 0.15) is 34.6 Å². The van der Waals surface area contributed by atoms with Crippen molar-refractivity contribution >= 4 is 12.1 Å². The first-order valence-electron chi connectivity index (χ1n) is 6.00. The quantitative estimate of drug-likeness (QED) is 0.560. The molecule has 5 heteroatoms. The second kappa shape index (κ2) is 7.03. The van der Waals surface area contributed by atoms with Crippen LogP contribution in [0.4, 0.5) is 4.79 Å². The molecular formula is C13H23NO4. The molecule has 0 heterocycles. The zero-order valence-electron chi connectivity index (χ0n) is 11.9. The average molecular weight is 257 g/mol. The molecule has 5 nitrogen and oxygen atoms in total. The zero-order chi connectivity index (χ0) is 14.3. The summed E-state index contributed by atoms with van der Waals surface area (Å²) in [5, 5.41) is 0. The maximum atomic E-state index is 11.9. The van der Waals surface area contributed by atoms with Crippen LogP contribution >= 0.6 is 0 Å². The minimum atomic E-state index is -0.696. The second-order valence-corrected chi connectivity index (χ2v) is 4.85. The summed E-state index contributed by atoms with van der Waals surface area (Å²) in [7, 11) is 0.